The minimum absolute atomic E-state index is 0.00176. The molecule has 0 fully saturated rings. The van der Waals surface area contributed by atoms with E-state index < -0.39 is 0 Å². The third-order valence-corrected chi connectivity index (χ3v) is 2.46. The first-order valence-electron chi connectivity index (χ1n) is 5.61. The average molecular weight is 245 g/mol. The lowest BCUT2D eigenvalue weighted by Crippen LogP contribution is -2.09. The molecule has 0 bridgehead atoms. The van der Waals surface area contributed by atoms with E-state index in [9.17, 15) is 4.79 Å². The van der Waals surface area contributed by atoms with Crippen LogP contribution in [0.4, 0.5) is 5.69 Å². The van der Waals surface area contributed by atoms with E-state index in [4.69, 9.17) is 0 Å². The van der Waals surface area contributed by atoms with Gasteiger partial charge in [0.1, 0.15) is 6.54 Å². The fourth-order valence-corrected chi connectivity index (χ4v) is 1.53. The predicted molar refractivity (Wildman–Crippen MR) is 68.3 cm³/mol. The number of anilines is 1. The van der Waals surface area contributed by atoms with E-state index in [1.165, 1.54) is 11.7 Å². The quantitative estimate of drug-likeness (QED) is 0.804. The van der Waals surface area contributed by atoms with Gasteiger partial charge in [-0.05, 0) is 36.4 Å². The SMILES string of the molecule is CC(=O)Cn1nnc(-c2ccc(N(C)C)cc2)n1. The van der Waals surface area contributed by atoms with Gasteiger partial charge in [-0.25, -0.2) is 0 Å². The predicted octanol–water partition coefficient (Wildman–Crippen LogP) is 0.995. The van der Waals surface area contributed by atoms with E-state index in [0.29, 0.717) is 5.82 Å². The molecule has 0 spiro atoms. The van der Waals surface area contributed by atoms with Gasteiger partial charge in [0.05, 0.1) is 0 Å². The van der Waals surface area contributed by atoms with Crippen LogP contribution in [-0.4, -0.2) is 40.1 Å². The molecule has 1 heterocycles. The Labute approximate surface area is 105 Å². The van der Waals surface area contributed by atoms with Crippen molar-refractivity contribution in [3.8, 4) is 11.4 Å². The van der Waals surface area contributed by atoms with Crippen LogP contribution in [0, 0.1) is 0 Å². The first-order valence-corrected chi connectivity index (χ1v) is 5.61. The molecule has 0 aliphatic carbocycles. The number of benzene rings is 1. The van der Waals surface area contributed by atoms with Crippen molar-refractivity contribution in [3.05, 3.63) is 24.3 Å². The molecule has 6 heteroatoms. The van der Waals surface area contributed by atoms with Gasteiger partial charge in [0.2, 0.25) is 5.82 Å². The summed E-state index contributed by atoms with van der Waals surface area (Å²) in [6, 6.07) is 7.84. The van der Waals surface area contributed by atoms with Crippen LogP contribution in [0.2, 0.25) is 0 Å². The van der Waals surface area contributed by atoms with Crippen LogP contribution in [0.3, 0.4) is 0 Å². The van der Waals surface area contributed by atoms with Gasteiger partial charge in [-0.3, -0.25) is 4.79 Å². The Morgan fingerprint density at radius 2 is 1.94 bits per heavy atom. The van der Waals surface area contributed by atoms with Gasteiger partial charge < -0.3 is 4.90 Å². The van der Waals surface area contributed by atoms with Gasteiger partial charge in [0.25, 0.3) is 0 Å². The van der Waals surface area contributed by atoms with Crippen LogP contribution in [-0.2, 0) is 11.3 Å². The summed E-state index contributed by atoms with van der Waals surface area (Å²) in [5.74, 6) is 0.531. The third-order valence-electron chi connectivity index (χ3n) is 2.46. The molecule has 2 aromatic rings. The first kappa shape index (κ1) is 12.2. The summed E-state index contributed by atoms with van der Waals surface area (Å²) in [6.07, 6.45) is 0. The molecule has 1 aromatic carbocycles. The molecule has 0 N–H and O–H groups in total. The summed E-state index contributed by atoms with van der Waals surface area (Å²) in [5.41, 5.74) is 1.99. The topological polar surface area (TPSA) is 63.9 Å². The van der Waals surface area contributed by atoms with E-state index in [2.05, 4.69) is 15.4 Å². The number of carbonyl (C=O) groups excluding carboxylic acids is 1. The Bertz CT molecular complexity index is 544. The highest BCUT2D eigenvalue weighted by Crippen LogP contribution is 2.18. The van der Waals surface area contributed by atoms with Gasteiger partial charge in [-0.15, -0.1) is 10.2 Å². The third kappa shape index (κ3) is 2.71. The van der Waals surface area contributed by atoms with Crippen LogP contribution in [0.5, 0.6) is 0 Å². The molecule has 18 heavy (non-hydrogen) atoms. The molecule has 0 unspecified atom stereocenters. The van der Waals surface area contributed by atoms with E-state index in [0.717, 1.165) is 11.3 Å². The van der Waals surface area contributed by atoms with Gasteiger partial charge >= 0.3 is 0 Å². The van der Waals surface area contributed by atoms with Crippen LogP contribution < -0.4 is 4.90 Å². The summed E-state index contributed by atoms with van der Waals surface area (Å²) in [6.45, 7) is 1.65. The van der Waals surface area contributed by atoms with Crippen molar-refractivity contribution >= 4 is 11.5 Å². The van der Waals surface area contributed by atoms with Gasteiger partial charge in [-0.1, -0.05) is 0 Å². The average Bonchev–Trinajstić information content (AvgIpc) is 2.76. The summed E-state index contributed by atoms with van der Waals surface area (Å²) >= 11 is 0. The van der Waals surface area contributed by atoms with Crippen molar-refractivity contribution in [2.24, 2.45) is 0 Å². The molecular weight excluding hydrogens is 230 g/mol. The number of rotatable bonds is 4. The zero-order valence-electron chi connectivity index (χ0n) is 10.7. The van der Waals surface area contributed by atoms with Gasteiger partial charge in [-0.2, -0.15) is 4.80 Å². The minimum atomic E-state index is 0.00176. The van der Waals surface area contributed by atoms with E-state index in [1.807, 2.05) is 43.3 Å². The maximum absolute atomic E-state index is 10.9. The highest BCUT2D eigenvalue weighted by molar-refractivity contribution is 5.75. The number of carbonyl (C=O) groups is 1. The largest absolute Gasteiger partial charge is 0.378 e. The number of ketones is 1. The van der Waals surface area contributed by atoms with Crippen molar-refractivity contribution in [1.82, 2.24) is 20.2 Å². The molecule has 0 atom stereocenters. The molecule has 0 aliphatic rings. The fraction of sp³-hybridized carbons (Fsp3) is 0.333. The first-order chi connectivity index (χ1) is 8.56. The molecule has 0 saturated heterocycles. The van der Waals surface area contributed by atoms with E-state index in [1.54, 1.807) is 0 Å². The smallest absolute Gasteiger partial charge is 0.204 e. The molecule has 1 aromatic heterocycles. The normalized spacial score (nSPS) is 10.4. The molecule has 0 saturated carbocycles. The lowest BCUT2D eigenvalue weighted by molar-refractivity contribution is -0.117. The van der Waals surface area contributed by atoms with Crippen LogP contribution >= 0.6 is 0 Å². The Balaban J connectivity index is 2.20. The second-order valence-electron chi connectivity index (χ2n) is 4.29. The second-order valence-corrected chi connectivity index (χ2v) is 4.29. The Kier molecular flexibility index (Phi) is 3.36. The number of aromatic nitrogens is 4. The molecule has 0 radical (unpaired) electrons. The number of Topliss-reactive ketones (excluding diaryl/α,β-unsaturated/α-hetero) is 1. The highest BCUT2D eigenvalue weighted by Gasteiger charge is 2.07. The Hall–Kier alpha value is -2.24. The maximum Gasteiger partial charge on any atom is 0.204 e. The number of tetrazole rings is 1. The van der Waals surface area contributed by atoms with Crippen LogP contribution in [0.15, 0.2) is 24.3 Å². The molecule has 0 amide bonds. The summed E-state index contributed by atoms with van der Waals surface area (Å²) in [4.78, 5) is 14.3. The number of hydrogen-bond acceptors (Lipinski definition) is 5. The summed E-state index contributed by atoms with van der Waals surface area (Å²) < 4.78 is 0. The van der Waals surface area contributed by atoms with E-state index in [-0.39, 0.29) is 12.3 Å². The van der Waals surface area contributed by atoms with E-state index >= 15 is 0 Å². The van der Waals surface area contributed by atoms with Gasteiger partial charge in [0, 0.05) is 25.3 Å². The molecular formula is C12H15N5O. The molecule has 94 valence electrons. The van der Waals surface area contributed by atoms with Crippen molar-refractivity contribution < 1.29 is 4.79 Å². The highest BCUT2D eigenvalue weighted by atomic mass is 16.1. The van der Waals surface area contributed by atoms with Crippen molar-refractivity contribution in [2.45, 2.75) is 13.5 Å². The van der Waals surface area contributed by atoms with Crippen LogP contribution in [0.25, 0.3) is 11.4 Å². The maximum atomic E-state index is 10.9. The molecule has 2 rings (SSSR count). The Morgan fingerprint density at radius 1 is 1.28 bits per heavy atom. The summed E-state index contributed by atoms with van der Waals surface area (Å²) in [7, 11) is 3.97. The molecule has 6 nitrogen and oxygen atoms in total. The minimum Gasteiger partial charge on any atom is -0.378 e. The lowest BCUT2D eigenvalue weighted by atomic mass is 10.2. The van der Waals surface area contributed by atoms with Gasteiger partial charge in [0.15, 0.2) is 5.78 Å². The molecule has 0 aliphatic heterocycles. The Morgan fingerprint density at radius 3 is 2.50 bits per heavy atom. The van der Waals surface area contributed by atoms with Crippen LogP contribution in [0.1, 0.15) is 6.92 Å². The van der Waals surface area contributed by atoms with Crippen molar-refractivity contribution in [3.63, 3.8) is 0 Å². The number of hydrogen-bond donors (Lipinski definition) is 0. The van der Waals surface area contributed by atoms with Crippen molar-refractivity contribution in [1.29, 1.82) is 0 Å². The monoisotopic (exact) mass is 245 g/mol. The zero-order chi connectivity index (χ0) is 13.1. The zero-order valence-corrected chi connectivity index (χ0v) is 10.7. The lowest BCUT2D eigenvalue weighted by Gasteiger charge is -2.11. The fourth-order valence-electron chi connectivity index (χ4n) is 1.53. The summed E-state index contributed by atoms with van der Waals surface area (Å²) in [5, 5.41) is 11.9. The standard InChI is InChI=1S/C12H15N5O/c1-9(18)8-17-14-12(13-15-17)10-4-6-11(7-5-10)16(2)3/h4-7H,8H2,1-3H3. The number of nitrogens with zero attached hydrogens (tertiary/aromatic N) is 5. The second kappa shape index (κ2) is 4.95. The van der Waals surface area contributed by atoms with Crippen molar-refractivity contribution in [2.75, 3.05) is 19.0 Å².